The van der Waals surface area contributed by atoms with E-state index in [4.69, 9.17) is 9.15 Å². The molecule has 61 heavy (non-hydrogen) atoms. The maximum atomic E-state index is 13.2. The molecule has 2 heterocycles. The lowest BCUT2D eigenvalue weighted by Crippen LogP contribution is -2.42. The maximum Gasteiger partial charge on any atom is 0.255 e. The minimum Gasteiger partial charge on any atom is -0.456 e. The van der Waals surface area contributed by atoms with Gasteiger partial charge in [0.25, 0.3) is 5.91 Å². The minimum atomic E-state index is -0.874. The number of carbonyl (C=O) groups excluding carboxylic acids is 6. The quantitative estimate of drug-likeness (QED) is 0.0748. The van der Waals surface area contributed by atoms with Gasteiger partial charge in [-0.1, -0.05) is 87.3 Å². The van der Waals surface area contributed by atoms with Gasteiger partial charge in [-0.3, -0.25) is 33.4 Å². The lowest BCUT2D eigenvalue weighted by molar-refractivity contribution is -0.137. The highest BCUT2D eigenvalue weighted by atomic mass is 16.5. The Labute approximate surface area is 359 Å². The zero-order valence-electron chi connectivity index (χ0n) is 36.7. The van der Waals surface area contributed by atoms with Crippen molar-refractivity contribution in [2.24, 2.45) is 11.3 Å². The van der Waals surface area contributed by atoms with Crippen LogP contribution in [0.3, 0.4) is 0 Å². The lowest BCUT2D eigenvalue weighted by Gasteiger charge is -2.31. The van der Waals surface area contributed by atoms with Crippen molar-refractivity contribution >= 4 is 35.2 Å². The Morgan fingerprint density at radius 3 is 2.11 bits per heavy atom. The summed E-state index contributed by atoms with van der Waals surface area (Å²) in [4.78, 5) is 77.4. The molecular weight excluding hydrogens is 779 g/mol. The predicted molar refractivity (Wildman–Crippen MR) is 229 cm³/mol. The van der Waals surface area contributed by atoms with Crippen LogP contribution in [0.1, 0.15) is 171 Å². The summed E-state index contributed by atoms with van der Waals surface area (Å²) >= 11 is 0. The van der Waals surface area contributed by atoms with Gasteiger partial charge in [-0.05, 0) is 59.8 Å². The van der Waals surface area contributed by atoms with E-state index < -0.39 is 28.5 Å². The van der Waals surface area contributed by atoms with Gasteiger partial charge in [0.1, 0.15) is 11.5 Å². The number of carbonyl (C=O) groups is 6. The Kier molecular flexibility index (Phi) is 17.0. The SMILES string of the molecule is Cc1oc2c(c1C(=O)NCCn1cc(CNC(=O)C(C)(C)COC(C)(C)CCNC(=O)CCC(=O)NCCCC3CCCCCCCCC3)nn1)C(=O)c1ccccc1C2=O. The molecule has 0 saturated heterocycles. The van der Waals surface area contributed by atoms with E-state index in [2.05, 4.69) is 31.6 Å². The van der Waals surface area contributed by atoms with E-state index >= 15 is 0 Å². The zero-order chi connectivity index (χ0) is 44.0. The van der Waals surface area contributed by atoms with Gasteiger partial charge in [-0.2, -0.15) is 0 Å². The summed E-state index contributed by atoms with van der Waals surface area (Å²) in [6, 6.07) is 6.45. The lowest BCUT2D eigenvalue weighted by atomic mass is 9.86. The van der Waals surface area contributed by atoms with Crippen molar-refractivity contribution in [3.05, 3.63) is 69.9 Å². The van der Waals surface area contributed by atoms with E-state index in [0.29, 0.717) is 25.2 Å². The van der Waals surface area contributed by atoms with Crippen LogP contribution in [0.15, 0.2) is 34.9 Å². The maximum absolute atomic E-state index is 13.2. The summed E-state index contributed by atoms with van der Waals surface area (Å²) in [5.41, 5.74) is -0.506. The van der Waals surface area contributed by atoms with Crippen LogP contribution >= 0.6 is 0 Å². The average Bonchev–Trinajstić information content (AvgIpc) is 3.85. The van der Waals surface area contributed by atoms with Gasteiger partial charge in [-0.15, -0.1) is 5.10 Å². The molecular formula is C46H65N7O8. The Morgan fingerprint density at radius 2 is 1.44 bits per heavy atom. The molecule has 4 amide bonds. The number of rotatable bonds is 20. The van der Waals surface area contributed by atoms with E-state index in [1.165, 1.54) is 62.5 Å². The molecule has 15 nitrogen and oxygen atoms in total. The molecule has 0 bridgehead atoms. The number of fused-ring (bicyclic) bond motifs is 2. The van der Waals surface area contributed by atoms with Crippen molar-refractivity contribution in [1.29, 1.82) is 0 Å². The monoisotopic (exact) mass is 843 g/mol. The smallest absolute Gasteiger partial charge is 0.255 e. The van der Waals surface area contributed by atoms with Crippen LogP contribution in [0.4, 0.5) is 0 Å². The molecule has 0 unspecified atom stereocenters. The number of hydrogen-bond acceptors (Lipinski definition) is 10. The molecule has 2 aliphatic rings. The third kappa shape index (κ3) is 13.7. The Morgan fingerprint density at radius 1 is 0.820 bits per heavy atom. The summed E-state index contributed by atoms with van der Waals surface area (Å²) in [7, 11) is 0. The number of ether oxygens (including phenoxy) is 1. The van der Waals surface area contributed by atoms with Gasteiger partial charge in [0.2, 0.25) is 23.5 Å². The highest BCUT2D eigenvalue weighted by molar-refractivity contribution is 6.30. The van der Waals surface area contributed by atoms with E-state index in [1.54, 1.807) is 51.2 Å². The van der Waals surface area contributed by atoms with Crippen LogP contribution < -0.4 is 21.3 Å². The van der Waals surface area contributed by atoms with Crippen molar-refractivity contribution in [2.45, 2.75) is 143 Å². The molecule has 1 saturated carbocycles. The number of hydrogen-bond donors (Lipinski definition) is 4. The molecule has 2 aromatic heterocycles. The van der Waals surface area contributed by atoms with Gasteiger partial charge in [0, 0.05) is 43.6 Å². The number of nitrogens with zero attached hydrogens (tertiary/aromatic N) is 3. The van der Waals surface area contributed by atoms with Crippen molar-refractivity contribution in [1.82, 2.24) is 36.3 Å². The molecule has 4 N–H and O–H groups in total. The van der Waals surface area contributed by atoms with Crippen LogP contribution in [0.2, 0.25) is 0 Å². The topological polar surface area (TPSA) is 204 Å². The summed E-state index contributed by atoms with van der Waals surface area (Å²) in [6.07, 6.45) is 16.6. The Balaban J connectivity index is 0.942. The second kappa shape index (κ2) is 22.1. The summed E-state index contributed by atoms with van der Waals surface area (Å²) in [5, 5.41) is 19.7. The normalized spacial score (nSPS) is 15.1. The van der Waals surface area contributed by atoms with Gasteiger partial charge < -0.3 is 30.4 Å². The fourth-order valence-corrected chi connectivity index (χ4v) is 7.86. The first-order chi connectivity index (χ1) is 29.1. The molecule has 0 spiro atoms. The first-order valence-electron chi connectivity index (χ1n) is 22.1. The summed E-state index contributed by atoms with van der Waals surface area (Å²) < 4.78 is 13.3. The van der Waals surface area contributed by atoms with Crippen molar-refractivity contribution in [3.63, 3.8) is 0 Å². The van der Waals surface area contributed by atoms with Crippen LogP contribution in [0.25, 0.3) is 0 Å². The average molecular weight is 844 g/mol. The second-order valence-electron chi connectivity index (χ2n) is 17.8. The van der Waals surface area contributed by atoms with Crippen LogP contribution in [-0.4, -0.2) is 82.0 Å². The summed E-state index contributed by atoms with van der Waals surface area (Å²) in [6.45, 7) is 10.6. The largest absolute Gasteiger partial charge is 0.456 e. The molecule has 15 heteroatoms. The highest BCUT2D eigenvalue weighted by Crippen LogP contribution is 2.33. The highest BCUT2D eigenvalue weighted by Gasteiger charge is 2.38. The van der Waals surface area contributed by atoms with Crippen molar-refractivity contribution < 1.29 is 37.9 Å². The fraction of sp³-hybridized carbons (Fsp3) is 0.609. The molecule has 0 radical (unpaired) electrons. The Bertz CT molecular complexity index is 2000. The number of ketones is 2. The predicted octanol–water partition coefficient (Wildman–Crippen LogP) is 6.15. The number of aryl methyl sites for hydroxylation is 1. The number of amides is 4. The number of furan rings is 1. The fourth-order valence-electron chi connectivity index (χ4n) is 7.86. The molecule has 3 aromatic rings. The van der Waals surface area contributed by atoms with Gasteiger partial charge in [0.15, 0.2) is 11.5 Å². The third-order valence-corrected chi connectivity index (χ3v) is 11.7. The molecule has 2 aliphatic carbocycles. The van der Waals surface area contributed by atoms with Crippen molar-refractivity contribution in [3.8, 4) is 0 Å². The first-order valence-corrected chi connectivity index (χ1v) is 22.1. The van der Waals surface area contributed by atoms with Crippen LogP contribution in [0, 0.1) is 18.3 Å². The van der Waals surface area contributed by atoms with E-state index in [1.807, 2.05) is 13.8 Å². The van der Waals surface area contributed by atoms with Gasteiger partial charge >= 0.3 is 0 Å². The molecule has 332 valence electrons. The first kappa shape index (κ1) is 46.9. The van der Waals surface area contributed by atoms with Gasteiger partial charge in [0.05, 0.1) is 48.0 Å². The van der Waals surface area contributed by atoms with Crippen LogP contribution in [0.5, 0.6) is 0 Å². The zero-order valence-corrected chi connectivity index (χ0v) is 36.7. The summed E-state index contributed by atoms with van der Waals surface area (Å²) in [5.74, 6) is -1.13. The third-order valence-electron chi connectivity index (χ3n) is 11.7. The van der Waals surface area contributed by atoms with E-state index in [9.17, 15) is 28.8 Å². The second-order valence-corrected chi connectivity index (χ2v) is 17.8. The molecule has 0 atom stereocenters. The van der Waals surface area contributed by atoms with Crippen molar-refractivity contribution in [2.75, 3.05) is 26.2 Å². The van der Waals surface area contributed by atoms with E-state index in [-0.39, 0.29) is 90.6 Å². The molecule has 1 aromatic carbocycles. The van der Waals surface area contributed by atoms with Crippen LogP contribution in [-0.2, 0) is 32.2 Å². The van der Waals surface area contributed by atoms with E-state index in [0.717, 1.165) is 18.8 Å². The minimum absolute atomic E-state index is 0.0302. The molecule has 0 aliphatic heterocycles. The Hall–Kier alpha value is -5.18. The number of nitrogens with one attached hydrogen (secondary N) is 4. The number of aromatic nitrogens is 3. The molecule has 5 rings (SSSR count). The molecule has 1 fully saturated rings. The number of benzene rings is 1. The van der Waals surface area contributed by atoms with Gasteiger partial charge in [-0.25, -0.2) is 0 Å². The standard InChI is InChI=1S/C46H65N7O8/c1-31-38(39-40(56)34-19-13-14-20-35(34)41(57)42(39)61-31)43(58)49-26-27-53-29-33(51-52-53)28-50-44(59)45(2,3)30-60-46(4,5)23-25-48-37(55)22-21-36(54)47-24-15-18-32-16-11-9-7-6-8-10-12-17-32/h13-14,19-20,29,32H,6-12,15-18,21-28,30H2,1-5H3,(H,47,54)(H,48,55)(H,49,58)(H,50,59).